The highest BCUT2D eigenvalue weighted by atomic mass is 14.3. The van der Waals surface area contributed by atoms with Crippen molar-refractivity contribution in [2.75, 3.05) is 0 Å². The summed E-state index contributed by atoms with van der Waals surface area (Å²) in [6, 6.07) is 2.24. The van der Waals surface area contributed by atoms with Gasteiger partial charge in [-0.2, -0.15) is 5.26 Å². The predicted octanol–water partition coefficient (Wildman–Crippen LogP) is 4.06. The van der Waals surface area contributed by atoms with Gasteiger partial charge in [-0.05, 0) is 31.6 Å². The molecule has 74 valence electrons. The van der Waals surface area contributed by atoms with Crippen LogP contribution in [-0.2, 0) is 0 Å². The van der Waals surface area contributed by atoms with Crippen LogP contribution < -0.4 is 0 Å². The van der Waals surface area contributed by atoms with Gasteiger partial charge < -0.3 is 0 Å². The molecule has 0 atom stereocenters. The SMILES string of the molecule is CC/C(C)=C/CCC(C)(C)CC#N. The first-order chi connectivity index (χ1) is 6.02. The molecule has 0 aliphatic rings. The smallest absolute Gasteiger partial charge is 0.0627 e. The molecule has 0 amide bonds. The van der Waals surface area contributed by atoms with Crippen LogP contribution in [0.5, 0.6) is 0 Å². The fourth-order valence-electron chi connectivity index (χ4n) is 1.16. The largest absolute Gasteiger partial charge is 0.198 e. The van der Waals surface area contributed by atoms with Crippen molar-refractivity contribution in [2.24, 2.45) is 5.41 Å². The van der Waals surface area contributed by atoms with Crippen molar-refractivity contribution in [1.29, 1.82) is 5.26 Å². The molecule has 0 aromatic rings. The fraction of sp³-hybridized carbons (Fsp3) is 0.750. The number of allylic oxidation sites excluding steroid dienone is 2. The lowest BCUT2D eigenvalue weighted by molar-refractivity contribution is 0.346. The molecule has 13 heavy (non-hydrogen) atoms. The second-order valence-corrected chi connectivity index (χ2v) is 4.44. The van der Waals surface area contributed by atoms with Crippen LogP contribution in [0.4, 0.5) is 0 Å². The predicted molar refractivity (Wildman–Crippen MR) is 57.3 cm³/mol. The van der Waals surface area contributed by atoms with Crippen molar-refractivity contribution in [3.63, 3.8) is 0 Å². The minimum absolute atomic E-state index is 0.180. The molecule has 0 aromatic carbocycles. The summed E-state index contributed by atoms with van der Waals surface area (Å²) >= 11 is 0. The molecule has 0 aromatic heterocycles. The van der Waals surface area contributed by atoms with Gasteiger partial charge in [-0.3, -0.25) is 0 Å². The van der Waals surface area contributed by atoms with Gasteiger partial charge in [0.1, 0.15) is 0 Å². The van der Waals surface area contributed by atoms with E-state index in [1.54, 1.807) is 0 Å². The lowest BCUT2D eigenvalue weighted by Gasteiger charge is -2.19. The van der Waals surface area contributed by atoms with Gasteiger partial charge in [0.25, 0.3) is 0 Å². The van der Waals surface area contributed by atoms with Crippen molar-refractivity contribution in [3.05, 3.63) is 11.6 Å². The van der Waals surface area contributed by atoms with Gasteiger partial charge in [0, 0.05) is 6.42 Å². The molecule has 0 heterocycles. The van der Waals surface area contributed by atoms with E-state index in [0.717, 1.165) is 19.3 Å². The zero-order valence-corrected chi connectivity index (χ0v) is 9.35. The minimum Gasteiger partial charge on any atom is -0.198 e. The number of rotatable bonds is 5. The summed E-state index contributed by atoms with van der Waals surface area (Å²) in [6.07, 6.45) is 6.30. The van der Waals surface area contributed by atoms with E-state index in [2.05, 4.69) is 39.8 Å². The Morgan fingerprint density at radius 1 is 1.46 bits per heavy atom. The highest BCUT2D eigenvalue weighted by Gasteiger charge is 2.15. The van der Waals surface area contributed by atoms with Crippen LogP contribution in [0.1, 0.15) is 53.4 Å². The molecular formula is C12H21N. The standard InChI is InChI=1S/C12H21N/c1-5-11(2)7-6-8-12(3,4)9-10-13/h7H,5-6,8-9H2,1-4H3/b11-7+. The first-order valence-corrected chi connectivity index (χ1v) is 5.04. The lowest BCUT2D eigenvalue weighted by Crippen LogP contribution is -2.09. The Labute approximate surface area is 82.5 Å². The first kappa shape index (κ1) is 12.2. The number of hydrogen-bond donors (Lipinski definition) is 0. The van der Waals surface area contributed by atoms with Crippen LogP contribution in [0.25, 0.3) is 0 Å². The van der Waals surface area contributed by atoms with Crippen LogP contribution in [0.3, 0.4) is 0 Å². The van der Waals surface area contributed by atoms with Gasteiger partial charge in [0.2, 0.25) is 0 Å². The highest BCUT2D eigenvalue weighted by molar-refractivity contribution is 4.97. The number of nitriles is 1. The highest BCUT2D eigenvalue weighted by Crippen LogP contribution is 2.26. The van der Waals surface area contributed by atoms with Crippen LogP contribution in [-0.4, -0.2) is 0 Å². The van der Waals surface area contributed by atoms with E-state index >= 15 is 0 Å². The number of hydrogen-bond acceptors (Lipinski definition) is 1. The molecular weight excluding hydrogens is 158 g/mol. The van der Waals surface area contributed by atoms with E-state index in [0.29, 0.717) is 6.42 Å². The third kappa shape index (κ3) is 6.40. The van der Waals surface area contributed by atoms with Crippen molar-refractivity contribution >= 4 is 0 Å². The van der Waals surface area contributed by atoms with E-state index in [1.807, 2.05) is 0 Å². The van der Waals surface area contributed by atoms with E-state index in [-0.39, 0.29) is 5.41 Å². The third-order valence-electron chi connectivity index (χ3n) is 2.43. The van der Waals surface area contributed by atoms with Crippen molar-refractivity contribution < 1.29 is 0 Å². The molecule has 0 aliphatic carbocycles. The third-order valence-corrected chi connectivity index (χ3v) is 2.43. The summed E-state index contributed by atoms with van der Waals surface area (Å²) in [6.45, 7) is 8.65. The molecule has 0 fully saturated rings. The summed E-state index contributed by atoms with van der Waals surface area (Å²) in [4.78, 5) is 0. The van der Waals surface area contributed by atoms with Crippen molar-refractivity contribution in [1.82, 2.24) is 0 Å². The molecule has 0 N–H and O–H groups in total. The Kier molecular flexibility index (Phi) is 5.46. The van der Waals surface area contributed by atoms with Gasteiger partial charge in [0.05, 0.1) is 6.07 Å². The van der Waals surface area contributed by atoms with Crippen molar-refractivity contribution in [3.8, 4) is 6.07 Å². The van der Waals surface area contributed by atoms with Gasteiger partial charge in [-0.15, -0.1) is 0 Å². The normalized spacial score (nSPS) is 12.7. The molecule has 1 heteroatoms. The zero-order valence-electron chi connectivity index (χ0n) is 9.35. The second kappa shape index (κ2) is 5.80. The number of nitrogens with zero attached hydrogens (tertiary/aromatic N) is 1. The molecule has 0 saturated carbocycles. The lowest BCUT2D eigenvalue weighted by atomic mass is 9.85. The summed E-state index contributed by atoms with van der Waals surface area (Å²) in [5.41, 5.74) is 1.63. The van der Waals surface area contributed by atoms with E-state index in [1.165, 1.54) is 5.57 Å². The Morgan fingerprint density at radius 3 is 2.54 bits per heavy atom. The average Bonchev–Trinajstić information content (AvgIpc) is 2.03. The summed E-state index contributed by atoms with van der Waals surface area (Å²) in [5.74, 6) is 0. The maximum atomic E-state index is 8.59. The molecule has 0 spiro atoms. The Hall–Kier alpha value is -0.770. The molecule has 0 aliphatic heterocycles. The maximum Gasteiger partial charge on any atom is 0.0627 e. The Balaban J connectivity index is 3.83. The molecule has 0 rings (SSSR count). The quantitative estimate of drug-likeness (QED) is 0.584. The van der Waals surface area contributed by atoms with Gasteiger partial charge >= 0.3 is 0 Å². The summed E-state index contributed by atoms with van der Waals surface area (Å²) < 4.78 is 0. The van der Waals surface area contributed by atoms with Crippen LogP contribution in [0.15, 0.2) is 11.6 Å². The molecule has 1 nitrogen and oxygen atoms in total. The van der Waals surface area contributed by atoms with E-state index in [9.17, 15) is 0 Å². The molecule has 0 bridgehead atoms. The molecule has 0 saturated heterocycles. The Morgan fingerprint density at radius 2 is 2.08 bits per heavy atom. The van der Waals surface area contributed by atoms with Gasteiger partial charge in [0.15, 0.2) is 0 Å². The molecule has 0 unspecified atom stereocenters. The van der Waals surface area contributed by atoms with Crippen LogP contribution >= 0.6 is 0 Å². The first-order valence-electron chi connectivity index (χ1n) is 5.04. The van der Waals surface area contributed by atoms with E-state index in [4.69, 9.17) is 5.26 Å². The van der Waals surface area contributed by atoms with Crippen LogP contribution in [0, 0.1) is 16.7 Å². The molecule has 0 radical (unpaired) electrons. The average molecular weight is 179 g/mol. The van der Waals surface area contributed by atoms with Gasteiger partial charge in [-0.1, -0.05) is 32.4 Å². The van der Waals surface area contributed by atoms with Gasteiger partial charge in [-0.25, -0.2) is 0 Å². The fourth-order valence-corrected chi connectivity index (χ4v) is 1.16. The summed E-state index contributed by atoms with van der Waals surface area (Å²) in [7, 11) is 0. The zero-order chi connectivity index (χ0) is 10.3. The summed E-state index contributed by atoms with van der Waals surface area (Å²) in [5, 5.41) is 8.59. The maximum absolute atomic E-state index is 8.59. The topological polar surface area (TPSA) is 23.8 Å². The second-order valence-electron chi connectivity index (χ2n) is 4.44. The monoisotopic (exact) mass is 179 g/mol. The van der Waals surface area contributed by atoms with E-state index < -0.39 is 0 Å². The van der Waals surface area contributed by atoms with Crippen LogP contribution in [0.2, 0.25) is 0 Å². The minimum atomic E-state index is 0.180. The van der Waals surface area contributed by atoms with Crippen molar-refractivity contribution in [2.45, 2.75) is 53.4 Å². The Bertz CT molecular complexity index is 206.